The lowest BCUT2D eigenvalue weighted by Crippen LogP contribution is -2.01. The van der Waals surface area contributed by atoms with Crippen LogP contribution in [0.15, 0.2) is 5.10 Å². The predicted octanol–water partition coefficient (Wildman–Crippen LogP) is 1.20. The van der Waals surface area contributed by atoms with Crippen LogP contribution in [0, 0.1) is 13.8 Å². The van der Waals surface area contributed by atoms with E-state index in [1.165, 1.54) is 0 Å². The van der Waals surface area contributed by atoms with Crippen molar-refractivity contribution in [1.82, 2.24) is 9.78 Å². The molecule has 1 rings (SSSR count). The molecule has 0 fully saturated rings. The predicted molar refractivity (Wildman–Crippen MR) is 53.8 cm³/mol. The van der Waals surface area contributed by atoms with Gasteiger partial charge >= 0.3 is 0 Å². The first kappa shape index (κ1) is 9.77. The highest BCUT2D eigenvalue weighted by atomic mass is 15.3. The van der Waals surface area contributed by atoms with Gasteiger partial charge in [-0.3, -0.25) is 4.68 Å². The van der Waals surface area contributed by atoms with Crippen molar-refractivity contribution < 1.29 is 0 Å². The number of nitrogens with zero attached hydrogens (tertiary/aromatic N) is 3. The SMILES string of the molecule is CCCn1nc(C)c(/C=N/N)c1C. The van der Waals surface area contributed by atoms with Crippen LogP contribution in [0.3, 0.4) is 0 Å². The minimum Gasteiger partial charge on any atom is -0.323 e. The van der Waals surface area contributed by atoms with E-state index in [0.29, 0.717) is 0 Å². The van der Waals surface area contributed by atoms with E-state index >= 15 is 0 Å². The zero-order valence-electron chi connectivity index (χ0n) is 8.41. The lowest BCUT2D eigenvalue weighted by molar-refractivity contribution is 0.583. The van der Waals surface area contributed by atoms with Crippen LogP contribution in [-0.2, 0) is 6.54 Å². The highest BCUT2D eigenvalue weighted by Gasteiger charge is 2.07. The van der Waals surface area contributed by atoms with Gasteiger partial charge in [0.1, 0.15) is 0 Å². The molecule has 1 heterocycles. The lowest BCUT2D eigenvalue weighted by Gasteiger charge is -2.00. The van der Waals surface area contributed by atoms with Gasteiger partial charge in [0.15, 0.2) is 0 Å². The van der Waals surface area contributed by atoms with Gasteiger partial charge in [0.2, 0.25) is 0 Å². The molecule has 0 aliphatic rings. The number of aromatic nitrogens is 2. The first-order valence-corrected chi connectivity index (χ1v) is 4.48. The monoisotopic (exact) mass is 180 g/mol. The zero-order chi connectivity index (χ0) is 9.84. The quantitative estimate of drug-likeness (QED) is 0.431. The fourth-order valence-electron chi connectivity index (χ4n) is 1.40. The third kappa shape index (κ3) is 1.88. The number of aryl methyl sites for hydroxylation is 2. The molecule has 0 saturated heterocycles. The van der Waals surface area contributed by atoms with E-state index in [0.717, 1.165) is 29.9 Å². The van der Waals surface area contributed by atoms with Crippen LogP contribution >= 0.6 is 0 Å². The maximum Gasteiger partial charge on any atom is 0.0685 e. The standard InChI is InChI=1S/C9H16N4/c1-4-5-13-8(3)9(6-11-10)7(2)12-13/h6H,4-5,10H2,1-3H3/b11-6+. The van der Waals surface area contributed by atoms with Gasteiger partial charge in [-0.25, -0.2) is 0 Å². The Labute approximate surface area is 78.4 Å². The number of hydrogen-bond acceptors (Lipinski definition) is 3. The summed E-state index contributed by atoms with van der Waals surface area (Å²) in [6.07, 6.45) is 2.74. The first-order chi connectivity index (χ1) is 6.20. The van der Waals surface area contributed by atoms with Crippen molar-refractivity contribution in [3.05, 3.63) is 17.0 Å². The van der Waals surface area contributed by atoms with Crippen molar-refractivity contribution in [1.29, 1.82) is 0 Å². The number of hydrazone groups is 1. The topological polar surface area (TPSA) is 56.2 Å². The molecule has 0 spiro atoms. The first-order valence-electron chi connectivity index (χ1n) is 4.48. The normalized spacial score (nSPS) is 11.3. The Morgan fingerprint density at radius 2 is 2.23 bits per heavy atom. The van der Waals surface area contributed by atoms with Gasteiger partial charge < -0.3 is 5.84 Å². The van der Waals surface area contributed by atoms with Crippen LogP contribution < -0.4 is 5.84 Å². The molecule has 4 heteroatoms. The van der Waals surface area contributed by atoms with E-state index in [-0.39, 0.29) is 0 Å². The Kier molecular flexibility index (Phi) is 3.06. The number of nitrogens with two attached hydrogens (primary N) is 1. The molecule has 72 valence electrons. The second-order valence-electron chi connectivity index (χ2n) is 3.09. The Morgan fingerprint density at radius 3 is 2.77 bits per heavy atom. The van der Waals surface area contributed by atoms with Crippen LogP contribution in [0.4, 0.5) is 0 Å². The average molecular weight is 180 g/mol. The van der Waals surface area contributed by atoms with E-state index in [4.69, 9.17) is 5.84 Å². The minimum absolute atomic E-state index is 0.949. The second-order valence-corrected chi connectivity index (χ2v) is 3.09. The second kappa shape index (κ2) is 4.07. The Balaban J connectivity index is 3.06. The molecule has 0 atom stereocenters. The number of rotatable bonds is 3. The molecular formula is C9H16N4. The van der Waals surface area contributed by atoms with E-state index < -0.39 is 0 Å². The highest BCUT2D eigenvalue weighted by Crippen LogP contribution is 2.10. The molecule has 0 saturated carbocycles. The third-order valence-electron chi connectivity index (χ3n) is 2.08. The van der Waals surface area contributed by atoms with Crippen LogP contribution in [0.1, 0.15) is 30.3 Å². The summed E-state index contributed by atoms with van der Waals surface area (Å²) in [5.41, 5.74) is 3.16. The van der Waals surface area contributed by atoms with Crippen molar-refractivity contribution in [2.75, 3.05) is 0 Å². The van der Waals surface area contributed by atoms with E-state index in [1.54, 1.807) is 6.21 Å². The molecule has 0 amide bonds. The van der Waals surface area contributed by atoms with Gasteiger partial charge in [0, 0.05) is 17.8 Å². The van der Waals surface area contributed by atoms with Gasteiger partial charge in [-0.05, 0) is 20.3 Å². The molecule has 0 aromatic carbocycles. The minimum atomic E-state index is 0.949. The molecule has 0 aliphatic heterocycles. The Morgan fingerprint density at radius 1 is 1.54 bits per heavy atom. The molecule has 2 N–H and O–H groups in total. The summed E-state index contributed by atoms with van der Waals surface area (Å²) in [4.78, 5) is 0. The largest absolute Gasteiger partial charge is 0.323 e. The lowest BCUT2D eigenvalue weighted by atomic mass is 10.2. The van der Waals surface area contributed by atoms with Gasteiger partial charge in [-0.15, -0.1) is 0 Å². The van der Waals surface area contributed by atoms with Crippen molar-refractivity contribution in [2.45, 2.75) is 33.7 Å². The maximum absolute atomic E-state index is 5.11. The summed E-state index contributed by atoms with van der Waals surface area (Å²) in [7, 11) is 0. The average Bonchev–Trinajstić information content (AvgIpc) is 2.34. The Hall–Kier alpha value is -1.32. The third-order valence-corrected chi connectivity index (χ3v) is 2.08. The van der Waals surface area contributed by atoms with E-state index in [1.807, 2.05) is 18.5 Å². The summed E-state index contributed by atoms with van der Waals surface area (Å²) < 4.78 is 1.99. The van der Waals surface area contributed by atoms with Crippen LogP contribution in [0.25, 0.3) is 0 Å². The molecule has 13 heavy (non-hydrogen) atoms. The van der Waals surface area contributed by atoms with Gasteiger partial charge in [0.25, 0.3) is 0 Å². The van der Waals surface area contributed by atoms with Crippen LogP contribution in [0.2, 0.25) is 0 Å². The van der Waals surface area contributed by atoms with Crippen molar-refractivity contribution >= 4 is 6.21 Å². The molecule has 1 aromatic heterocycles. The van der Waals surface area contributed by atoms with Crippen molar-refractivity contribution in [2.24, 2.45) is 10.9 Å². The van der Waals surface area contributed by atoms with Crippen molar-refractivity contribution in [3.63, 3.8) is 0 Å². The van der Waals surface area contributed by atoms with Crippen LogP contribution in [-0.4, -0.2) is 16.0 Å². The highest BCUT2D eigenvalue weighted by molar-refractivity contribution is 5.82. The summed E-state index contributed by atoms with van der Waals surface area (Å²) in [5.74, 6) is 5.11. The summed E-state index contributed by atoms with van der Waals surface area (Å²) in [6, 6.07) is 0. The van der Waals surface area contributed by atoms with Gasteiger partial charge in [-0.1, -0.05) is 6.92 Å². The molecule has 0 bridgehead atoms. The summed E-state index contributed by atoms with van der Waals surface area (Å²) in [5, 5.41) is 7.91. The van der Waals surface area contributed by atoms with Crippen molar-refractivity contribution in [3.8, 4) is 0 Å². The van der Waals surface area contributed by atoms with Gasteiger partial charge in [0.05, 0.1) is 11.9 Å². The smallest absolute Gasteiger partial charge is 0.0685 e. The van der Waals surface area contributed by atoms with E-state index in [2.05, 4.69) is 17.1 Å². The van der Waals surface area contributed by atoms with Gasteiger partial charge in [-0.2, -0.15) is 10.2 Å². The summed E-state index contributed by atoms with van der Waals surface area (Å²) >= 11 is 0. The van der Waals surface area contributed by atoms with Crippen LogP contribution in [0.5, 0.6) is 0 Å². The fraction of sp³-hybridized carbons (Fsp3) is 0.556. The molecule has 0 radical (unpaired) electrons. The molecular weight excluding hydrogens is 164 g/mol. The number of hydrogen-bond donors (Lipinski definition) is 1. The molecule has 4 nitrogen and oxygen atoms in total. The zero-order valence-corrected chi connectivity index (χ0v) is 8.41. The Bertz CT molecular complexity index is 312. The molecule has 0 aliphatic carbocycles. The molecule has 0 unspecified atom stereocenters. The fourth-order valence-corrected chi connectivity index (χ4v) is 1.40. The summed E-state index contributed by atoms with van der Waals surface area (Å²) in [6.45, 7) is 7.08. The maximum atomic E-state index is 5.11. The van der Waals surface area contributed by atoms with E-state index in [9.17, 15) is 0 Å². The molecule has 1 aromatic rings.